The number of nitrogens with zero attached hydrogens (tertiary/aromatic N) is 3. The maximum absolute atomic E-state index is 13.3. The fraction of sp³-hybridized carbons (Fsp3) is 0.375. The van der Waals surface area contributed by atoms with Gasteiger partial charge in [0.25, 0.3) is 5.69 Å². The van der Waals surface area contributed by atoms with Crippen LogP contribution in [0.3, 0.4) is 0 Å². The number of likely N-dealkylation sites (N-methyl/N-ethyl adjacent to an activating group) is 1. The van der Waals surface area contributed by atoms with E-state index in [1.165, 1.54) is 19.2 Å². The molecule has 0 spiro atoms. The number of rotatable bonds is 4. The summed E-state index contributed by atoms with van der Waals surface area (Å²) in [6.07, 6.45) is 0. The molecule has 0 aliphatic carbocycles. The molecule has 0 bridgehead atoms. The van der Waals surface area contributed by atoms with Gasteiger partial charge in [0.1, 0.15) is 5.57 Å². The van der Waals surface area contributed by atoms with Crippen LogP contribution in [-0.2, 0) is 20.0 Å². The lowest BCUT2D eigenvalue weighted by Crippen LogP contribution is -2.53. The van der Waals surface area contributed by atoms with Crippen LogP contribution >= 0.6 is 0 Å². The van der Waals surface area contributed by atoms with E-state index in [4.69, 9.17) is 9.57 Å². The summed E-state index contributed by atoms with van der Waals surface area (Å²) in [6, 6.07) is 15.7. The highest BCUT2D eigenvalue weighted by atomic mass is 16.7. The molecule has 8 heteroatoms. The Labute approximate surface area is 187 Å². The zero-order valence-electron chi connectivity index (χ0n) is 19.1. The molecule has 0 radical (unpaired) electrons. The molecule has 1 fully saturated rings. The first-order valence-electron chi connectivity index (χ1n) is 10.4. The lowest BCUT2D eigenvalue weighted by atomic mass is 9.83. The number of carbonyl (C=O) groups excluding carboxylic acids is 1. The molecule has 2 aromatic carbocycles. The molecule has 168 valence electrons. The van der Waals surface area contributed by atoms with Crippen molar-refractivity contribution in [3.05, 3.63) is 81.4 Å². The van der Waals surface area contributed by atoms with Crippen LogP contribution in [-0.4, -0.2) is 46.1 Å². The minimum Gasteiger partial charge on any atom is -0.465 e. The van der Waals surface area contributed by atoms with E-state index in [1.807, 2.05) is 42.4 Å². The fourth-order valence-electron chi connectivity index (χ4n) is 4.74. The Hall–Kier alpha value is -3.23. The quantitative estimate of drug-likeness (QED) is 0.405. The minimum absolute atomic E-state index is 0.0262. The summed E-state index contributed by atoms with van der Waals surface area (Å²) in [5, 5.41) is 13.1. The summed E-state index contributed by atoms with van der Waals surface area (Å²) in [5.74, 6) is -0.115. The standard InChI is InChI=1S/C24H27N3O5/c1-22(2)23(3,4)27-24(25(22)5,17-12-14-18(15-13-17)26(29)30)19(21(28)31-6)20(32-27)16-10-8-7-9-11-16/h7-15H,1-6H3. The number of nitro groups is 1. The Kier molecular flexibility index (Phi) is 4.91. The van der Waals surface area contributed by atoms with E-state index < -0.39 is 27.6 Å². The monoisotopic (exact) mass is 437 g/mol. The normalized spacial score (nSPS) is 24.2. The van der Waals surface area contributed by atoms with Crippen LogP contribution < -0.4 is 0 Å². The predicted molar refractivity (Wildman–Crippen MR) is 119 cm³/mol. The van der Waals surface area contributed by atoms with Gasteiger partial charge in [-0.3, -0.25) is 15.0 Å². The zero-order chi connectivity index (χ0) is 23.5. The highest BCUT2D eigenvalue weighted by Crippen LogP contribution is 2.61. The summed E-state index contributed by atoms with van der Waals surface area (Å²) in [4.78, 5) is 32.7. The number of ether oxygens (including phenoxy) is 1. The van der Waals surface area contributed by atoms with Gasteiger partial charge in [-0.2, -0.15) is 0 Å². The average Bonchev–Trinajstić information content (AvgIpc) is 3.20. The molecule has 1 atom stereocenters. The van der Waals surface area contributed by atoms with Crippen molar-refractivity contribution >= 4 is 17.4 Å². The van der Waals surface area contributed by atoms with Crippen LogP contribution in [0.25, 0.3) is 5.76 Å². The maximum atomic E-state index is 13.3. The summed E-state index contributed by atoms with van der Waals surface area (Å²) >= 11 is 0. The van der Waals surface area contributed by atoms with Gasteiger partial charge in [-0.1, -0.05) is 30.3 Å². The van der Waals surface area contributed by atoms with E-state index >= 15 is 0 Å². The number of methoxy groups -OCH3 is 1. The van der Waals surface area contributed by atoms with Crippen molar-refractivity contribution in [2.24, 2.45) is 0 Å². The molecule has 0 saturated carbocycles. The molecule has 2 aliphatic heterocycles. The van der Waals surface area contributed by atoms with E-state index in [1.54, 1.807) is 12.1 Å². The molecule has 0 amide bonds. The maximum Gasteiger partial charge on any atom is 0.341 e. The summed E-state index contributed by atoms with van der Waals surface area (Å²) in [7, 11) is 3.28. The number of carbonyl (C=O) groups is 1. The number of esters is 1. The summed E-state index contributed by atoms with van der Waals surface area (Å²) < 4.78 is 5.25. The Morgan fingerprint density at radius 3 is 2.12 bits per heavy atom. The van der Waals surface area contributed by atoms with Crippen LogP contribution in [0.4, 0.5) is 5.69 Å². The highest BCUT2D eigenvalue weighted by molar-refractivity contribution is 6.00. The number of non-ortho nitro benzene ring substituents is 1. The number of benzene rings is 2. The molecule has 0 N–H and O–H groups in total. The Balaban J connectivity index is 2.08. The van der Waals surface area contributed by atoms with Gasteiger partial charge in [-0.25, -0.2) is 4.79 Å². The fourth-order valence-corrected chi connectivity index (χ4v) is 4.74. The van der Waals surface area contributed by atoms with Gasteiger partial charge in [0.2, 0.25) is 0 Å². The molecule has 1 saturated heterocycles. The SMILES string of the molecule is COC(=O)C1=C(c2ccccc2)ON2C1(c1ccc([N+](=O)[O-])cc1)N(C)C(C)(C)C2(C)C. The first-order valence-corrected chi connectivity index (χ1v) is 10.4. The van der Waals surface area contributed by atoms with E-state index in [2.05, 4.69) is 32.6 Å². The zero-order valence-corrected chi connectivity index (χ0v) is 19.1. The van der Waals surface area contributed by atoms with Crippen molar-refractivity contribution in [3.8, 4) is 0 Å². The molecule has 4 rings (SSSR count). The second kappa shape index (κ2) is 7.15. The van der Waals surface area contributed by atoms with E-state index in [-0.39, 0.29) is 5.69 Å². The number of nitro benzene ring substituents is 1. The van der Waals surface area contributed by atoms with Crippen LogP contribution in [0, 0.1) is 10.1 Å². The smallest absolute Gasteiger partial charge is 0.341 e. The van der Waals surface area contributed by atoms with Crippen molar-refractivity contribution < 1.29 is 19.3 Å². The van der Waals surface area contributed by atoms with Gasteiger partial charge in [0, 0.05) is 23.2 Å². The topological polar surface area (TPSA) is 85.1 Å². The van der Waals surface area contributed by atoms with Crippen molar-refractivity contribution in [2.75, 3.05) is 14.2 Å². The van der Waals surface area contributed by atoms with Gasteiger partial charge in [-0.05, 0) is 52.4 Å². The number of hydroxylamine groups is 2. The lowest BCUT2D eigenvalue weighted by molar-refractivity contribution is -0.384. The number of hydrogen-bond acceptors (Lipinski definition) is 7. The van der Waals surface area contributed by atoms with E-state index in [0.717, 1.165) is 5.56 Å². The Morgan fingerprint density at radius 2 is 1.59 bits per heavy atom. The van der Waals surface area contributed by atoms with E-state index in [9.17, 15) is 14.9 Å². The molecule has 32 heavy (non-hydrogen) atoms. The third-order valence-corrected chi connectivity index (χ3v) is 7.29. The summed E-state index contributed by atoms with van der Waals surface area (Å²) in [5.41, 5.74) is -0.431. The van der Waals surface area contributed by atoms with Crippen molar-refractivity contribution in [1.29, 1.82) is 0 Å². The molecule has 2 heterocycles. The Bertz CT molecular complexity index is 1110. The molecule has 0 aromatic heterocycles. The Morgan fingerprint density at radius 1 is 1.00 bits per heavy atom. The van der Waals surface area contributed by atoms with Gasteiger partial charge in [-0.15, -0.1) is 5.06 Å². The minimum atomic E-state index is -1.15. The summed E-state index contributed by atoms with van der Waals surface area (Å²) in [6.45, 7) is 8.27. The van der Waals surface area contributed by atoms with Gasteiger partial charge in [0.05, 0.1) is 17.6 Å². The number of fused-ring (bicyclic) bond motifs is 1. The molecule has 1 unspecified atom stereocenters. The number of hydrogen-bond donors (Lipinski definition) is 0. The highest BCUT2D eigenvalue weighted by Gasteiger charge is 2.72. The van der Waals surface area contributed by atoms with Crippen LogP contribution in [0.5, 0.6) is 0 Å². The predicted octanol–water partition coefficient (Wildman–Crippen LogP) is 4.08. The van der Waals surface area contributed by atoms with Gasteiger partial charge >= 0.3 is 5.97 Å². The average molecular weight is 437 g/mol. The molecule has 8 nitrogen and oxygen atoms in total. The van der Waals surface area contributed by atoms with Crippen molar-refractivity contribution in [3.63, 3.8) is 0 Å². The van der Waals surface area contributed by atoms with Crippen molar-refractivity contribution in [2.45, 2.75) is 44.4 Å². The molecule has 2 aromatic rings. The van der Waals surface area contributed by atoms with Crippen molar-refractivity contribution in [1.82, 2.24) is 9.96 Å². The first-order chi connectivity index (χ1) is 15.0. The van der Waals surface area contributed by atoms with Crippen LogP contribution in [0.2, 0.25) is 0 Å². The van der Waals surface area contributed by atoms with Crippen LogP contribution in [0.15, 0.2) is 60.2 Å². The van der Waals surface area contributed by atoms with Crippen LogP contribution in [0.1, 0.15) is 38.8 Å². The third kappa shape index (κ3) is 2.66. The van der Waals surface area contributed by atoms with Gasteiger partial charge in [0.15, 0.2) is 11.4 Å². The van der Waals surface area contributed by atoms with Gasteiger partial charge < -0.3 is 9.57 Å². The second-order valence-electron chi connectivity index (χ2n) is 9.10. The largest absolute Gasteiger partial charge is 0.465 e. The first kappa shape index (κ1) is 22.0. The molecular formula is C24H27N3O5. The second-order valence-corrected chi connectivity index (χ2v) is 9.10. The molecular weight excluding hydrogens is 410 g/mol. The lowest BCUT2D eigenvalue weighted by Gasteiger charge is -2.41. The van der Waals surface area contributed by atoms with E-state index in [0.29, 0.717) is 16.9 Å². The molecule has 2 aliphatic rings. The third-order valence-electron chi connectivity index (χ3n) is 7.29.